The SMILES string of the molecule is O=C(O)c1[nH]c(=O)ccc1Nc1c(S(=O)(=O)N2CCOCC2)cnc2ccc(Br)cc12. The van der Waals surface area contributed by atoms with Gasteiger partial charge in [0.25, 0.3) is 0 Å². The van der Waals surface area contributed by atoms with Crippen molar-refractivity contribution in [1.29, 1.82) is 0 Å². The van der Waals surface area contributed by atoms with Crippen molar-refractivity contribution in [3.8, 4) is 0 Å². The Hall–Kier alpha value is -2.80. The Kier molecular flexibility index (Phi) is 5.79. The number of pyridine rings is 2. The van der Waals surface area contributed by atoms with Gasteiger partial charge >= 0.3 is 5.97 Å². The van der Waals surface area contributed by atoms with Crippen molar-refractivity contribution in [1.82, 2.24) is 14.3 Å². The summed E-state index contributed by atoms with van der Waals surface area (Å²) in [6, 6.07) is 7.61. The van der Waals surface area contributed by atoms with Crippen LogP contribution in [0.5, 0.6) is 0 Å². The molecule has 162 valence electrons. The predicted octanol–water partition coefficient (Wildman–Crippen LogP) is 2.15. The number of sulfonamides is 1. The standard InChI is InChI=1S/C19H17BrN4O6S/c20-11-1-2-13-12(9-11)17(22-14-3-4-16(25)23-18(14)19(26)27)15(10-21-13)31(28,29)24-5-7-30-8-6-24/h1-4,9-10H,5-8H2,(H,21,22)(H,23,25)(H,26,27). The third-order valence-electron chi connectivity index (χ3n) is 4.78. The van der Waals surface area contributed by atoms with Crippen molar-refractivity contribution in [3.63, 3.8) is 0 Å². The number of nitrogens with zero attached hydrogens (tertiary/aromatic N) is 2. The van der Waals surface area contributed by atoms with Crippen LogP contribution in [0.1, 0.15) is 10.5 Å². The van der Waals surface area contributed by atoms with Gasteiger partial charge in [-0.05, 0) is 24.3 Å². The molecule has 0 unspecified atom stereocenters. The van der Waals surface area contributed by atoms with Crippen molar-refractivity contribution < 1.29 is 23.1 Å². The lowest BCUT2D eigenvalue weighted by molar-refractivity contribution is 0.0691. The fourth-order valence-corrected chi connectivity index (χ4v) is 5.15. The molecule has 12 heteroatoms. The highest BCUT2D eigenvalue weighted by Gasteiger charge is 2.30. The van der Waals surface area contributed by atoms with Crippen LogP contribution in [0.25, 0.3) is 10.9 Å². The summed E-state index contributed by atoms with van der Waals surface area (Å²) in [5.74, 6) is -1.36. The quantitative estimate of drug-likeness (QED) is 0.475. The van der Waals surface area contributed by atoms with E-state index in [1.54, 1.807) is 18.2 Å². The Morgan fingerprint density at radius 2 is 1.97 bits per heavy atom. The number of aromatic carboxylic acids is 1. The van der Waals surface area contributed by atoms with Gasteiger partial charge in [-0.2, -0.15) is 4.31 Å². The summed E-state index contributed by atoms with van der Waals surface area (Å²) in [6.45, 7) is 0.934. The molecular formula is C19H17BrN4O6S. The molecule has 1 fully saturated rings. The number of anilines is 2. The third kappa shape index (κ3) is 4.19. The molecule has 1 aromatic carbocycles. The van der Waals surface area contributed by atoms with E-state index in [1.807, 2.05) is 0 Å². The van der Waals surface area contributed by atoms with Gasteiger partial charge in [-0.3, -0.25) is 9.78 Å². The fourth-order valence-electron chi connectivity index (χ4n) is 3.28. The van der Waals surface area contributed by atoms with Crippen molar-refractivity contribution in [3.05, 3.63) is 57.0 Å². The highest BCUT2D eigenvalue weighted by atomic mass is 79.9. The van der Waals surface area contributed by atoms with Crippen LogP contribution in [0.4, 0.5) is 11.4 Å². The van der Waals surface area contributed by atoms with E-state index in [0.29, 0.717) is 15.4 Å². The number of carboxylic acid groups (broad SMARTS) is 1. The maximum Gasteiger partial charge on any atom is 0.354 e. The summed E-state index contributed by atoms with van der Waals surface area (Å²) in [7, 11) is -3.96. The topological polar surface area (TPSA) is 142 Å². The average Bonchev–Trinajstić information content (AvgIpc) is 2.75. The maximum absolute atomic E-state index is 13.4. The molecule has 3 N–H and O–H groups in total. The Morgan fingerprint density at radius 1 is 1.23 bits per heavy atom. The smallest absolute Gasteiger partial charge is 0.354 e. The Morgan fingerprint density at radius 3 is 2.68 bits per heavy atom. The highest BCUT2D eigenvalue weighted by Crippen LogP contribution is 2.35. The number of carbonyl (C=O) groups is 1. The molecule has 0 radical (unpaired) electrons. The lowest BCUT2D eigenvalue weighted by Crippen LogP contribution is -2.40. The molecule has 1 aliphatic heterocycles. The van der Waals surface area contributed by atoms with Crippen molar-refractivity contribution in [2.45, 2.75) is 4.90 Å². The van der Waals surface area contributed by atoms with Crippen molar-refractivity contribution in [2.24, 2.45) is 0 Å². The average molecular weight is 509 g/mol. The van der Waals surface area contributed by atoms with E-state index < -0.39 is 21.6 Å². The first kappa shape index (κ1) is 21.4. The predicted molar refractivity (Wildman–Crippen MR) is 116 cm³/mol. The number of hydrogen-bond acceptors (Lipinski definition) is 7. The number of hydrogen-bond donors (Lipinski definition) is 3. The second kappa shape index (κ2) is 8.38. The summed E-state index contributed by atoms with van der Waals surface area (Å²) in [5.41, 5.74) is -0.271. The summed E-state index contributed by atoms with van der Waals surface area (Å²) >= 11 is 3.38. The summed E-state index contributed by atoms with van der Waals surface area (Å²) in [4.78, 5) is 29.7. The van der Waals surface area contributed by atoms with Crippen LogP contribution in [0.3, 0.4) is 0 Å². The van der Waals surface area contributed by atoms with Gasteiger partial charge in [0, 0.05) is 35.2 Å². The zero-order valence-corrected chi connectivity index (χ0v) is 18.4. The number of rotatable bonds is 5. The van der Waals surface area contributed by atoms with Gasteiger partial charge in [0.2, 0.25) is 15.6 Å². The van der Waals surface area contributed by atoms with E-state index in [1.165, 1.54) is 16.6 Å². The molecule has 0 amide bonds. The van der Waals surface area contributed by atoms with Gasteiger partial charge in [0.15, 0.2) is 5.69 Å². The van der Waals surface area contributed by atoms with Crippen molar-refractivity contribution >= 4 is 54.2 Å². The van der Waals surface area contributed by atoms with E-state index in [4.69, 9.17) is 4.74 Å². The number of aromatic amines is 1. The number of aromatic nitrogens is 2. The Balaban J connectivity index is 1.94. The van der Waals surface area contributed by atoms with Crippen LogP contribution < -0.4 is 10.9 Å². The molecule has 2 aromatic heterocycles. The first-order valence-corrected chi connectivity index (χ1v) is 11.4. The molecule has 1 saturated heterocycles. The van der Waals surface area contributed by atoms with Crippen LogP contribution in [0, 0.1) is 0 Å². The fraction of sp³-hybridized carbons (Fsp3) is 0.211. The number of carboxylic acids is 1. The zero-order chi connectivity index (χ0) is 22.2. The lowest BCUT2D eigenvalue weighted by Gasteiger charge is -2.27. The van der Waals surface area contributed by atoms with E-state index in [9.17, 15) is 23.1 Å². The highest BCUT2D eigenvalue weighted by molar-refractivity contribution is 9.10. The number of benzene rings is 1. The first-order valence-electron chi connectivity index (χ1n) is 9.17. The molecule has 0 atom stereocenters. The first-order chi connectivity index (χ1) is 14.8. The summed E-state index contributed by atoms with van der Waals surface area (Å²) < 4.78 is 34.0. The van der Waals surface area contributed by atoms with Crippen LogP contribution >= 0.6 is 15.9 Å². The van der Waals surface area contributed by atoms with Crippen LogP contribution in [-0.2, 0) is 14.8 Å². The van der Waals surface area contributed by atoms with Crippen LogP contribution in [0.2, 0.25) is 0 Å². The second-order valence-corrected chi connectivity index (χ2v) is 9.54. The lowest BCUT2D eigenvalue weighted by atomic mass is 10.1. The molecular weight excluding hydrogens is 492 g/mol. The summed E-state index contributed by atoms with van der Waals surface area (Å²) in [5, 5.41) is 12.9. The zero-order valence-electron chi connectivity index (χ0n) is 16.0. The van der Waals surface area contributed by atoms with E-state index in [2.05, 4.69) is 31.2 Å². The van der Waals surface area contributed by atoms with Gasteiger partial charge < -0.3 is 20.1 Å². The third-order valence-corrected chi connectivity index (χ3v) is 7.18. The largest absolute Gasteiger partial charge is 0.477 e. The molecule has 0 spiro atoms. The number of halogens is 1. The van der Waals surface area contributed by atoms with Gasteiger partial charge in [0.05, 0.1) is 30.1 Å². The normalized spacial score (nSPS) is 15.1. The second-order valence-electron chi connectivity index (χ2n) is 6.72. The number of morpholine rings is 1. The molecule has 31 heavy (non-hydrogen) atoms. The molecule has 0 aliphatic carbocycles. The molecule has 3 aromatic rings. The van der Waals surface area contributed by atoms with E-state index in [-0.39, 0.29) is 48.3 Å². The monoisotopic (exact) mass is 508 g/mol. The minimum absolute atomic E-state index is 0.0398. The molecule has 10 nitrogen and oxygen atoms in total. The van der Waals surface area contributed by atoms with E-state index in [0.717, 1.165) is 6.07 Å². The van der Waals surface area contributed by atoms with Crippen LogP contribution in [0.15, 0.2) is 50.7 Å². The molecule has 1 aliphatic rings. The van der Waals surface area contributed by atoms with Crippen molar-refractivity contribution in [2.75, 3.05) is 31.6 Å². The van der Waals surface area contributed by atoms with Gasteiger partial charge in [-0.15, -0.1) is 0 Å². The Bertz CT molecular complexity index is 1330. The number of H-pyrrole nitrogens is 1. The molecule has 3 heterocycles. The molecule has 0 bridgehead atoms. The van der Waals surface area contributed by atoms with Gasteiger partial charge in [-0.25, -0.2) is 13.2 Å². The Labute approximate surface area is 185 Å². The molecule has 0 saturated carbocycles. The maximum atomic E-state index is 13.4. The summed E-state index contributed by atoms with van der Waals surface area (Å²) in [6.07, 6.45) is 1.25. The minimum Gasteiger partial charge on any atom is -0.477 e. The van der Waals surface area contributed by atoms with Gasteiger partial charge in [-0.1, -0.05) is 15.9 Å². The number of fused-ring (bicyclic) bond motifs is 1. The van der Waals surface area contributed by atoms with E-state index >= 15 is 0 Å². The van der Waals surface area contributed by atoms with Gasteiger partial charge in [0.1, 0.15) is 4.90 Å². The molecule has 4 rings (SSSR count). The minimum atomic E-state index is -3.96. The number of nitrogens with one attached hydrogen (secondary N) is 2. The number of ether oxygens (including phenoxy) is 1. The van der Waals surface area contributed by atoms with Crippen LogP contribution in [-0.4, -0.2) is 60.1 Å².